The first kappa shape index (κ1) is 67.6. The van der Waals surface area contributed by atoms with E-state index in [2.05, 4.69) is 324 Å². The minimum atomic E-state index is -0.416. The van der Waals surface area contributed by atoms with Crippen molar-refractivity contribution >= 4 is 60.9 Å². The molecule has 3 heteroatoms. The highest BCUT2D eigenvalue weighted by molar-refractivity contribution is 6.22. The van der Waals surface area contributed by atoms with Crippen LogP contribution in [0.3, 0.4) is 0 Å². The van der Waals surface area contributed by atoms with Gasteiger partial charge >= 0.3 is 0 Å². The Bertz CT molecular complexity index is 6280. The summed E-state index contributed by atoms with van der Waals surface area (Å²) in [5, 5.41) is 4.71. The molecule has 0 aliphatic heterocycles. The molecule has 109 heavy (non-hydrogen) atoms. The lowest BCUT2D eigenvalue weighted by Gasteiger charge is -2.33. The van der Waals surface area contributed by atoms with Gasteiger partial charge in [-0.3, -0.25) is 0 Å². The van der Waals surface area contributed by atoms with E-state index in [1.807, 2.05) is 0 Å². The molecular formula is C106H97NO2. The number of hydrogen-bond acceptors (Lipinski definition) is 3. The second-order valence-electron chi connectivity index (χ2n) is 34.9. The SMILES string of the molecule is CCCCCCCC1(CCCCCCC)c2ccccc2-c2ccc(-c3ccc4c(c3)C(C)(C)c3cc(-c5cc6c(c7c5oc5ccccc57)-c5ccc(N(c7ccc8c(c7)C(C)(C)c7c9c(c%10oc%11ccccc%11c%10c7-8)-c7ccccc7C9(C)C)c7ccccc7-c7ccc(C)cc7)cc5C6(C)C)ccc3-4)cc21. The molecule has 15 aromatic rings. The predicted molar refractivity (Wildman–Crippen MR) is 460 cm³/mol. The second-order valence-corrected chi connectivity index (χ2v) is 34.9. The van der Waals surface area contributed by atoms with E-state index in [1.165, 1.54) is 221 Å². The third-order valence-electron chi connectivity index (χ3n) is 27.2. The third kappa shape index (κ3) is 9.86. The van der Waals surface area contributed by atoms with Gasteiger partial charge in [0.1, 0.15) is 22.3 Å². The number of fused-ring (bicyclic) bond motifs is 25. The number of furan rings is 2. The Hall–Kier alpha value is -10.7. The Labute approximate surface area is 643 Å². The molecule has 13 aromatic carbocycles. The molecule has 0 amide bonds. The molecule has 0 radical (unpaired) electrons. The fraction of sp³-hybridized carbons (Fsp3) is 0.264. The summed E-state index contributed by atoms with van der Waals surface area (Å²) in [5.41, 5.74) is 41.4. The maximum atomic E-state index is 7.28. The van der Waals surface area contributed by atoms with Gasteiger partial charge in [-0.2, -0.15) is 0 Å². The molecule has 2 heterocycles. The van der Waals surface area contributed by atoms with Gasteiger partial charge in [0.15, 0.2) is 0 Å². The summed E-state index contributed by atoms with van der Waals surface area (Å²) in [6, 6.07) is 93.6. The van der Waals surface area contributed by atoms with Crippen molar-refractivity contribution in [3.8, 4) is 89.0 Å². The molecule has 0 N–H and O–H groups in total. The summed E-state index contributed by atoms with van der Waals surface area (Å²) < 4.78 is 14.4. The van der Waals surface area contributed by atoms with Crippen LogP contribution < -0.4 is 4.90 Å². The molecule has 3 nitrogen and oxygen atoms in total. The quantitative estimate of drug-likeness (QED) is 0.0802. The summed E-state index contributed by atoms with van der Waals surface area (Å²) in [6.07, 6.45) is 15.4. The van der Waals surface area contributed by atoms with Crippen LogP contribution in [0.15, 0.2) is 251 Å². The van der Waals surface area contributed by atoms with Crippen LogP contribution in [0.25, 0.3) is 133 Å². The number of nitrogens with zero attached hydrogens (tertiary/aromatic N) is 1. The lowest BCUT2D eigenvalue weighted by molar-refractivity contribution is 0.399. The molecule has 20 rings (SSSR count). The molecule has 0 saturated carbocycles. The third-order valence-corrected chi connectivity index (χ3v) is 27.2. The average Bonchev–Trinajstić information content (AvgIpc) is 1.50. The van der Waals surface area contributed by atoms with Crippen LogP contribution in [0.5, 0.6) is 0 Å². The number of rotatable bonds is 18. The number of hydrogen-bond donors (Lipinski definition) is 0. The molecule has 0 fully saturated rings. The van der Waals surface area contributed by atoms with Crippen LogP contribution >= 0.6 is 0 Å². The Morgan fingerprint density at radius 1 is 0.294 bits per heavy atom. The molecule has 538 valence electrons. The highest BCUT2D eigenvalue weighted by Gasteiger charge is 2.50. The normalized spacial score (nSPS) is 15.6. The predicted octanol–water partition coefficient (Wildman–Crippen LogP) is 30.5. The lowest BCUT2D eigenvalue weighted by atomic mass is 9.70. The van der Waals surface area contributed by atoms with E-state index >= 15 is 0 Å². The lowest BCUT2D eigenvalue weighted by Crippen LogP contribution is -2.25. The summed E-state index contributed by atoms with van der Waals surface area (Å²) in [4.78, 5) is 2.56. The van der Waals surface area contributed by atoms with Gasteiger partial charge in [0.25, 0.3) is 0 Å². The van der Waals surface area contributed by atoms with Crippen LogP contribution in [0, 0.1) is 6.92 Å². The summed E-state index contributed by atoms with van der Waals surface area (Å²) in [5.74, 6) is 0. The molecule has 0 saturated heterocycles. The standard InChI is InChI=1S/C106H97NO2/c1-12-14-16-18-30-56-106(57-31-19-17-15-13-2)83-38-26-20-33-72(83)75-52-47-67(59-88(75)106)66-46-51-73-74-53-48-68(60-85(74)102(4,5)84(73)58-66)81-63-89-93(95-79-35-23-28-40-91(79)108-100(81)95)77-54-49-69(61-86(77)103(89,6)7)107(90-39-27-22-32-71(90)65-44-42-64(3)43-45-65)70-50-55-78-87(62-70)105(10,11)98-94(78)96-80-36-24-29-41-92(80)109-101(96)97-76-34-21-25-37-82(76)104(8,9)99(97)98/h20-29,32-55,58-63H,12-19,30-31,56-57H2,1-11H3. The topological polar surface area (TPSA) is 29.5 Å². The Kier molecular flexibility index (Phi) is 15.4. The van der Waals surface area contributed by atoms with E-state index in [0.29, 0.717) is 0 Å². The van der Waals surface area contributed by atoms with Gasteiger partial charge in [-0.05, 0) is 214 Å². The monoisotopic (exact) mass is 1420 g/mol. The summed E-state index contributed by atoms with van der Waals surface area (Å²) in [6.45, 7) is 26.5. The highest BCUT2D eigenvalue weighted by Crippen LogP contribution is 2.65. The zero-order chi connectivity index (χ0) is 74.2. The first-order chi connectivity index (χ1) is 52.9. The molecule has 5 aliphatic carbocycles. The van der Waals surface area contributed by atoms with E-state index in [0.717, 1.165) is 55.7 Å². The van der Waals surface area contributed by atoms with Gasteiger partial charge in [0.05, 0.1) is 5.69 Å². The van der Waals surface area contributed by atoms with E-state index in [-0.39, 0.29) is 21.7 Å². The van der Waals surface area contributed by atoms with Crippen LogP contribution in [0.4, 0.5) is 17.1 Å². The summed E-state index contributed by atoms with van der Waals surface area (Å²) in [7, 11) is 0. The molecule has 2 aromatic heterocycles. The second kappa shape index (κ2) is 24.9. The number of unbranched alkanes of at least 4 members (excludes halogenated alkanes) is 8. The zero-order valence-electron chi connectivity index (χ0n) is 65.3. The average molecular weight is 1420 g/mol. The minimum absolute atomic E-state index is 0.0266. The van der Waals surface area contributed by atoms with Crippen molar-refractivity contribution in [1.29, 1.82) is 0 Å². The van der Waals surface area contributed by atoms with Crippen molar-refractivity contribution in [3.63, 3.8) is 0 Å². The van der Waals surface area contributed by atoms with Crippen molar-refractivity contribution < 1.29 is 8.83 Å². The first-order valence-corrected chi connectivity index (χ1v) is 40.8. The first-order valence-electron chi connectivity index (χ1n) is 40.8. The molecule has 0 atom stereocenters. The Balaban J connectivity index is 0.698. The van der Waals surface area contributed by atoms with Gasteiger partial charge in [-0.25, -0.2) is 0 Å². The Morgan fingerprint density at radius 3 is 1.37 bits per heavy atom. The zero-order valence-corrected chi connectivity index (χ0v) is 65.3. The molecule has 0 spiro atoms. The fourth-order valence-electron chi connectivity index (χ4n) is 21.6. The Morgan fingerprint density at radius 2 is 0.725 bits per heavy atom. The maximum absolute atomic E-state index is 7.28. The maximum Gasteiger partial charge on any atom is 0.144 e. The molecular weight excluding hydrogens is 1320 g/mol. The van der Waals surface area contributed by atoms with Crippen molar-refractivity contribution in [2.45, 2.75) is 180 Å². The fourth-order valence-corrected chi connectivity index (χ4v) is 21.6. The van der Waals surface area contributed by atoms with Crippen molar-refractivity contribution in [2.75, 3.05) is 4.90 Å². The van der Waals surface area contributed by atoms with Crippen molar-refractivity contribution in [2.24, 2.45) is 0 Å². The van der Waals surface area contributed by atoms with Gasteiger partial charge < -0.3 is 13.7 Å². The number of benzene rings is 13. The number of anilines is 3. The number of aryl methyl sites for hydroxylation is 1. The van der Waals surface area contributed by atoms with Gasteiger partial charge in [0.2, 0.25) is 0 Å². The van der Waals surface area contributed by atoms with E-state index in [9.17, 15) is 0 Å². The minimum Gasteiger partial charge on any atom is -0.455 e. The molecule has 0 bridgehead atoms. The molecule has 0 unspecified atom stereocenters. The van der Waals surface area contributed by atoms with Crippen LogP contribution in [0.2, 0.25) is 0 Å². The smallest absolute Gasteiger partial charge is 0.144 e. The highest BCUT2D eigenvalue weighted by atomic mass is 16.3. The number of para-hydroxylation sites is 3. The largest absolute Gasteiger partial charge is 0.455 e. The van der Waals surface area contributed by atoms with Gasteiger partial charge in [-0.1, -0.05) is 315 Å². The van der Waals surface area contributed by atoms with E-state index < -0.39 is 5.41 Å². The van der Waals surface area contributed by atoms with E-state index in [1.54, 1.807) is 11.1 Å². The van der Waals surface area contributed by atoms with Crippen LogP contribution in [0.1, 0.15) is 207 Å². The van der Waals surface area contributed by atoms with Gasteiger partial charge in [0, 0.05) is 76.7 Å². The van der Waals surface area contributed by atoms with Crippen molar-refractivity contribution in [3.05, 3.63) is 304 Å². The molecule has 5 aliphatic rings. The van der Waals surface area contributed by atoms with E-state index in [4.69, 9.17) is 8.83 Å². The summed E-state index contributed by atoms with van der Waals surface area (Å²) >= 11 is 0. The van der Waals surface area contributed by atoms with Crippen LogP contribution in [-0.4, -0.2) is 0 Å². The van der Waals surface area contributed by atoms with Crippen molar-refractivity contribution in [1.82, 2.24) is 0 Å². The van der Waals surface area contributed by atoms with Gasteiger partial charge in [-0.15, -0.1) is 0 Å². The van der Waals surface area contributed by atoms with Crippen LogP contribution in [-0.2, 0) is 27.1 Å².